The van der Waals surface area contributed by atoms with Crippen LogP contribution in [-0.2, 0) is 6.54 Å². The quantitative estimate of drug-likeness (QED) is 0.663. The Kier molecular flexibility index (Phi) is 3.95. The van der Waals surface area contributed by atoms with Crippen molar-refractivity contribution in [2.75, 3.05) is 0 Å². The molecule has 0 aliphatic heterocycles. The zero-order valence-corrected chi connectivity index (χ0v) is 12.8. The summed E-state index contributed by atoms with van der Waals surface area (Å²) < 4.78 is 2.17. The van der Waals surface area contributed by atoms with Gasteiger partial charge in [-0.2, -0.15) is 10.5 Å². The molecular weight excluding hydrogens is 282 g/mol. The van der Waals surface area contributed by atoms with Crippen LogP contribution >= 0.6 is 0 Å². The molecule has 0 aliphatic rings. The van der Waals surface area contributed by atoms with Crippen LogP contribution in [0, 0.1) is 22.7 Å². The van der Waals surface area contributed by atoms with Gasteiger partial charge in [0.05, 0.1) is 23.3 Å². The van der Waals surface area contributed by atoms with Gasteiger partial charge in [0.15, 0.2) is 0 Å². The normalized spacial score (nSPS) is 11.2. The zero-order chi connectivity index (χ0) is 16.2. The SMILES string of the molecule is CCn1cc(C=C(C#N)c2cccc(C#N)c2)c2ccccc21. The summed E-state index contributed by atoms with van der Waals surface area (Å²) in [5.41, 5.74) is 4.05. The van der Waals surface area contributed by atoms with Crippen molar-refractivity contribution in [1.29, 1.82) is 10.5 Å². The number of para-hydroxylation sites is 1. The van der Waals surface area contributed by atoms with Crippen molar-refractivity contribution in [2.45, 2.75) is 13.5 Å². The Bertz CT molecular complexity index is 978. The summed E-state index contributed by atoms with van der Waals surface area (Å²) >= 11 is 0. The van der Waals surface area contributed by atoms with E-state index in [1.165, 1.54) is 0 Å². The molecule has 0 atom stereocenters. The Morgan fingerprint density at radius 2 is 1.96 bits per heavy atom. The molecule has 23 heavy (non-hydrogen) atoms. The zero-order valence-electron chi connectivity index (χ0n) is 12.8. The van der Waals surface area contributed by atoms with E-state index < -0.39 is 0 Å². The van der Waals surface area contributed by atoms with Gasteiger partial charge in [0.2, 0.25) is 0 Å². The summed E-state index contributed by atoms with van der Waals surface area (Å²) in [6.45, 7) is 2.97. The van der Waals surface area contributed by atoms with E-state index in [-0.39, 0.29) is 0 Å². The standard InChI is InChI=1S/C20H15N3/c1-2-23-14-18(19-8-3-4-9-20(19)23)11-17(13-22)16-7-5-6-15(10-16)12-21/h3-11,14H,2H2,1H3. The van der Waals surface area contributed by atoms with Gasteiger partial charge in [-0.1, -0.05) is 30.3 Å². The maximum absolute atomic E-state index is 9.53. The third-order valence-corrected chi connectivity index (χ3v) is 3.88. The van der Waals surface area contributed by atoms with Gasteiger partial charge in [0.1, 0.15) is 0 Å². The second kappa shape index (κ2) is 6.22. The molecule has 0 N–H and O–H groups in total. The van der Waals surface area contributed by atoms with Crippen LogP contribution in [0.2, 0.25) is 0 Å². The number of aryl methyl sites for hydroxylation is 1. The molecule has 3 aromatic rings. The highest BCUT2D eigenvalue weighted by Gasteiger charge is 2.08. The van der Waals surface area contributed by atoms with Gasteiger partial charge in [0, 0.05) is 29.2 Å². The highest BCUT2D eigenvalue weighted by molar-refractivity contribution is 5.98. The van der Waals surface area contributed by atoms with Crippen LogP contribution in [-0.4, -0.2) is 4.57 Å². The van der Waals surface area contributed by atoms with Crippen molar-refractivity contribution in [2.24, 2.45) is 0 Å². The Hall–Kier alpha value is -3.30. The lowest BCUT2D eigenvalue weighted by Gasteiger charge is -1.99. The predicted octanol–water partition coefficient (Wildman–Crippen LogP) is 4.60. The van der Waals surface area contributed by atoms with Crippen molar-refractivity contribution in [3.63, 3.8) is 0 Å². The molecule has 3 heteroatoms. The number of allylic oxidation sites excluding steroid dienone is 1. The molecule has 0 radical (unpaired) electrons. The van der Waals surface area contributed by atoms with Crippen LogP contribution in [0.15, 0.2) is 54.7 Å². The van der Waals surface area contributed by atoms with Crippen LogP contribution in [0.3, 0.4) is 0 Å². The van der Waals surface area contributed by atoms with E-state index in [2.05, 4.69) is 42.0 Å². The highest BCUT2D eigenvalue weighted by atomic mass is 14.9. The summed E-state index contributed by atoms with van der Waals surface area (Å²) in [5, 5.41) is 19.7. The Morgan fingerprint density at radius 3 is 2.70 bits per heavy atom. The first-order valence-corrected chi connectivity index (χ1v) is 7.47. The van der Waals surface area contributed by atoms with E-state index in [0.29, 0.717) is 11.1 Å². The van der Waals surface area contributed by atoms with E-state index in [0.717, 1.165) is 28.6 Å². The lowest BCUT2D eigenvalue weighted by atomic mass is 10.0. The minimum atomic E-state index is 0.555. The monoisotopic (exact) mass is 297 g/mol. The molecule has 3 nitrogen and oxygen atoms in total. The Labute approximate surface area is 135 Å². The first kappa shape index (κ1) is 14.6. The summed E-state index contributed by atoms with van der Waals surface area (Å²) in [7, 11) is 0. The second-order valence-electron chi connectivity index (χ2n) is 5.25. The minimum Gasteiger partial charge on any atom is -0.347 e. The average Bonchev–Trinajstić information content (AvgIpc) is 2.97. The Morgan fingerprint density at radius 1 is 1.13 bits per heavy atom. The van der Waals surface area contributed by atoms with Crippen molar-refractivity contribution in [3.8, 4) is 12.1 Å². The maximum atomic E-state index is 9.53. The summed E-state index contributed by atoms with van der Waals surface area (Å²) in [4.78, 5) is 0. The second-order valence-corrected chi connectivity index (χ2v) is 5.25. The van der Waals surface area contributed by atoms with Crippen LogP contribution in [0.4, 0.5) is 0 Å². The fourth-order valence-corrected chi connectivity index (χ4v) is 2.74. The molecule has 0 unspecified atom stereocenters. The third kappa shape index (κ3) is 2.73. The van der Waals surface area contributed by atoms with Gasteiger partial charge < -0.3 is 4.57 Å². The van der Waals surface area contributed by atoms with Gasteiger partial charge in [-0.25, -0.2) is 0 Å². The molecule has 0 saturated heterocycles. The van der Waals surface area contributed by atoms with Gasteiger partial charge in [-0.3, -0.25) is 0 Å². The number of nitrogens with zero attached hydrogens (tertiary/aromatic N) is 3. The van der Waals surface area contributed by atoms with E-state index in [1.807, 2.05) is 24.3 Å². The first-order valence-electron chi connectivity index (χ1n) is 7.47. The molecule has 2 aromatic carbocycles. The lowest BCUT2D eigenvalue weighted by Crippen LogP contribution is -1.89. The molecule has 0 amide bonds. The van der Waals surface area contributed by atoms with E-state index in [1.54, 1.807) is 18.2 Å². The van der Waals surface area contributed by atoms with Crippen molar-refractivity contribution >= 4 is 22.6 Å². The smallest absolute Gasteiger partial charge is 0.0998 e. The summed E-state index contributed by atoms with van der Waals surface area (Å²) in [5.74, 6) is 0. The minimum absolute atomic E-state index is 0.555. The summed E-state index contributed by atoms with van der Waals surface area (Å²) in [6.07, 6.45) is 3.96. The fraction of sp³-hybridized carbons (Fsp3) is 0.100. The van der Waals surface area contributed by atoms with E-state index in [9.17, 15) is 5.26 Å². The predicted molar refractivity (Wildman–Crippen MR) is 92.3 cm³/mol. The van der Waals surface area contributed by atoms with E-state index in [4.69, 9.17) is 5.26 Å². The third-order valence-electron chi connectivity index (χ3n) is 3.88. The molecule has 0 aliphatic carbocycles. The summed E-state index contributed by atoms with van der Waals surface area (Å²) in [6, 6.07) is 19.7. The van der Waals surface area contributed by atoms with E-state index >= 15 is 0 Å². The number of benzene rings is 2. The van der Waals surface area contributed by atoms with Gasteiger partial charge in [0.25, 0.3) is 0 Å². The van der Waals surface area contributed by atoms with Gasteiger partial charge in [-0.15, -0.1) is 0 Å². The molecule has 110 valence electrons. The lowest BCUT2D eigenvalue weighted by molar-refractivity contribution is 0.797. The number of fused-ring (bicyclic) bond motifs is 1. The molecule has 0 bridgehead atoms. The topological polar surface area (TPSA) is 52.5 Å². The molecule has 0 saturated carbocycles. The maximum Gasteiger partial charge on any atom is 0.0998 e. The first-order chi connectivity index (χ1) is 11.3. The van der Waals surface area contributed by atoms with Gasteiger partial charge in [-0.05, 0) is 36.8 Å². The largest absolute Gasteiger partial charge is 0.347 e. The Balaban J connectivity index is 2.16. The number of aromatic nitrogens is 1. The number of nitriles is 2. The number of hydrogen-bond acceptors (Lipinski definition) is 2. The molecule has 3 rings (SSSR count). The molecule has 0 spiro atoms. The number of hydrogen-bond donors (Lipinski definition) is 0. The van der Waals surface area contributed by atoms with Crippen LogP contribution in [0.5, 0.6) is 0 Å². The van der Waals surface area contributed by atoms with Crippen LogP contribution < -0.4 is 0 Å². The van der Waals surface area contributed by atoms with Crippen molar-refractivity contribution in [3.05, 3.63) is 71.4 Å². The fourth-order valence-electron chi connectivity index (χ4n) is 2.74. The molecule has 1 heterocycles. The number of rotatable bonds is 3. The highest BCUT2D eigenvalue weighted by Crippen LogP contribution is 2.26. The van der Waals surface area contributed by atoms with Gasteiger partial charge >= 0.3 is 0 Å². The van der Waals surface area contributed by atoms with Crippen molar-refractivity contribution < 1.29 is 0 Å². The molecule has 0 fully saturated rings. The van der Waals surface area contributed by atoms with Crippen LogP contribution in [0.25, 0.3) is 22.6 Å². The molecule has 1 aromatic heterocycles. The average molecular weight is 297 g/mol. The molecular formula is C20H15N3. The van der Waals surface area contributed by atoms with Crippen molar-refractivity contribution in [1.82, 2.24) is 4.57 Å². The van der Waals surface area contributed by atoms with Crippen LogP contribution in [0.1, 0.15) is 23.6 Å².